The number of nitrogens with zero attached hydrogens (tertiary/aromatic N) is 2. The normalized spacial score (nSPS) is 33.3. The summed E-state index contributed by atoms with van der Waals surface area (Å²) >= 11 is 0. The summed E-state index contributed by atoms with van der Waals surface area (Å²) in [5, 5.41) is 0. The summed E-state index contributed by atoms with van der Waals surface area (Å²) in [5.74, 6) is 2.87. The maximum Gasteiger partial charge on any atom is 0.102 e. The molecule has 1 heterocycles. The van der Waals surface area contributed by atoms with Gasteiger partial charge in [-0.05, 0) is 38.1 Å². The SMILES string of the molecule is CN1CCN=C1C1CCC(CN)CC1. The topological polar surface area (TPSA) is 41.6 Å². The van der Waals surface area contributed by atoms with E-state index in [1.807, 2.05) is 0 Å². The molecule has 14 heavy (non-hydrogen) atoms. The maximum atomic E-state index is 5.69. The van der Waals surface area contributed by atoms with Crippen LogP contribution in [0, 0.1) is 11.8 Å². The smallest absolute Gasteiger partial charge is 0.102 e. The Morgan fingerprint density at radius 2 is 2.07 bits per heavy atom. The van der Waals surface area contributed by atoms with Crippen LogP contribution in [0.15, 0.2) is 4.99 Å². The Morgan fingerprint density at radius 3 is 2.57 bits per heavy atom. The fourth-order valence-electron chi connectivity index (χ4n) is 2.65. The van der Waals surface area contributed by atoms with Gasteiger partial charge < -0.3 is 10.6 Å². The first-order valence-electron chi connectivity index (χ1n) is 5.77. The Labute approximate surface area is 86.4 Å². The van der Waals surface area contributed by atoms with E-state index in [0.29, 0.717) is 0 Å². The van der Waals surface area contributed by atoms with Crippen LogP contribution in [-0.2, 0) is 0 Å². The summed E-state index contributed by atoms with van der Waals surface area (Å²) in [7, 11) is 2.17. The molecule has 0 unspecified atom stereocenters. The highest BCUT2D eigenvalue weighted by Gasteiger charge is 2.27. The molecule has 0 bridgehead atoms. The molecule has 1 fully saturated rings. The predicted octanol–water partition coefficient (Wildman–Crippen LogP) is 1.10. The quantitative estimate of drug-likeness (QED) is 0.717. The Hall–Kier alpha value is -0.570. The molecule has 0 spiro atoms. The van der Waals surface area contributed by atoms with Crippen LogP contribution >= 0.6 is 0 Å². The van der Waals surface area contributed by atoms with Gasteiger partial charge in [0.25, 0.3) is 0 Å². The van der Waals surface area contributed by atoms with Crippen molar-refractivity contribution in [1.29, 1.82) is 0 Å². The van der Waals surface area contributed by atoms with Gasteiger partial charge in [0.2, 0.25) is 0 Å². The fraction of sp³-hybridized carbons (Fsp3) is 0.909. The summed E-state index contributed by atoms with van der Waals surface area (Å²) in [6.45, 7) is 2.99. The molecule has 2 aliphatic rings. The Bertz CT molecular complexity index is 217. The molecule has 1 aliphatic heterocycles. The van der Waals surface area contributed by atoms with E-state index in [9.17, 15) is 0 Å². The van der Waals surface area contributed by atoms with Gasteiger partial charge in [0.15, 0.2) is 0 Å². The van der Waals surface area contributed by atoms with Crippen molar-refractivity contribution >= 4 is 5.84 Å². The van der Waals surface area contributed by atoms with Crippen molar-refractivity contribution in [2.75, 3.05) is 26.7 Å². The number of likely N-dealkylation sites (N-methyl/N-ethyl adjacent to an activating group) is 1. The number of aliphatic imine (C=N–C) groups is 1. The lowest BCUT2D eigenvalue weighted by atomic mass is 9.81. The molecule has 0 aromatic carbocycles. The molecule has 3 nitrogen and oxygen atoms in total. The number of amidine groups is 1. The zero-order valence-corrected chi connectivity index (χ0v) is 9.08. The summed E-state index contributed by atoms with van der Waals surface area (Å²) in [6.07, 6.45) is 5.19. The maximum absolute atomic E-state index is 5.69. The van der Waals surface area contributed by atoms with Crippen LogP contribution in [0.1, 0.15) is 25.7 Å². The van der Waals surface area contributed by atoms with Crippen molar-refractivity contribution in [2.45, 2.75) is 25.7 Å². The number of rotatable bonds is 2. The van der Waals surface area contributed by atoms with Crippen LogP contribution < -0.4 is 5.73 Å². The van der Waals surface area contributed by atoms with Crippen LogP contribution in [0.5, 0.6) is 0 Å². The van der Waals surface area contributed by atoms with E-state index in [-0.39, 0.29) is 0 Å². The molecule has 0 radical (unpaired) electrons. The largest absolute Gasteiger partial charge is 0.361 e. The summed E-state index contributed by atoms with van der Waals surface area (Å²) in [6, 6.07) is 0. The van der Waals surface area contributed by atoms with Crippen molar-refractivity contribution in [3.05, 3.63) is 0 Å². The van der Waals surface area contributed by atoms with Gasteiger partial charge >= 0.3 is 0 Å². The average Bonchev–Trinajstić information content (AvgIpc) is 2.65. The molecule has 2 N–H and O–H groups in total. The molecule has 80 valence electrons. The minimum Gasteiger partial charge on any atom is -0.361 e. The van der Waals surface area contributed by atoms with Crippen molar-refractivity contribution in [3.8, 4) is 0 Å². The van der Waals surface area contributed by atoms with Gasteiger partial charge in [-0.15, -0.1) is 0 Å². The van der Waals surface area contributed by atoms with E-state index >= 15 is 0 Å². The number of hydrogen-bond donors (Lipinski definition) is 1. The highest BCUT2D eigenvalue weighted by atomic mass is 15.2. The molecule has 0 amide bonds. The van der Waals surface area contributed by atoms with Gasteiger partial charge in [-0.25, -0.2) is 0 Å². The van der Waals surface area contributed by atoms with Crippen LogP contribution in [0.4, 0.5) is 0 Å². The summed E-state index contributed by atoms with van der Waals surface area (Å²) in [5.41, 5.74) is 5.69. The lowest BCUT2D eigenvalue weighted by molar-refractivity contribution is 0.316. The summed E-state index contributed by atoms with van der Waals surface area (Å²) in [4.78, 5) is 6.93. The molecular weight excluding hydrogens is 174 g/mol. The van der Waals surface area contributed by atoms with Crippen molar-refractivity contribution in [2.24, 2.45) is 22.6 Å². The van der Waals surface area contributed by atoms with Crippen molar-refractivity contribution in [1.82, 2.24) is 4.90 Å². The second-order valence-electron chi connectivity index (χ2n) is 4.61. The molecule has 3 heteroatoms. The standard InChI is InChI=1S/C11H21N3/c1-14-7-6-13-11(14)10-4-2-9(8-12)3-5-10/h9-10H,2-8,12H2,1H3. The third-order valence-electron chi connectivity index (χ3n) is 3.65. The summed E-state index contributed by atoms with van der Waals surface area (Å²) < 4.78 is 0. The second kappa shape index (κ2) is 4.30. The Morgan fingerprint density at radius 1 is 1.36 bits per heavy atom. The van der Waals surface area contributed by atoms with Crippen LogP contribution in [-0.4, -0.2) is 37.4 Å². The third kappa shape index (κ3) is 1.92. The van der Waals surface area contributed by atoms with Crippen LogP contribution in [0.2, 0.25) is 0 Å². The molecule has 0 aromatic rings. The first-order valence-corrected chi connectivity index (χ1v) is 5.77. The van der Waals surface area contributed by atoms with Gasteiger partial charge in [-0.1, -0.05) is 0 Å². The molecular formula is C11H21N3. The van der Waals surface area contributed by atoms with Crippen LogP contribution in [0.3, 0.4) is 0 Å². The Balaban J connectivity index is 1.89. The van der Waals surface area contributed by atoms with E-state index < -0.39 is 0 Å². The molecule has 0 saturated heterocycles. The second-order valence-corrected chi connectivity index (χ2v) is 4.61. The van der Waals surface area contributed by atoms with Crippen molar-refractivity contribution in [3.63, 3.8) is 0 Å². The highest BCUT2D eigenvalue weighted by molar-refractivity contribution is 5.85. The minimum atomic E-state index is 0.727. The van der Waals surface area contributed by atoms with Gasteiger partial charge in [0.1, 0.15) is 5.84 Å². The highest BCUT2D eigenvalue weighted by Crippen LogP contribution is 2.30. The van der Waals surface area contributed by atoms with Crippen LogP contribution in [0.25, 0.3) is 0 Å². The van der Waals surface area contributed by atoms with E-state index in [4.69, 9.17) is 5.73 Å². The van der Waals surface area contributed by atoms with E-state index in [1.54, 1.807) is 0 Å². The van der Waals surface area contributed by atoms with E-state index in [1.165, 1.54) is 31.5 Å². The van der Waals surface area contributed by atoms with Gasteiger partial charge in [-0.3, -0.25) is 4.99 Å². The predicted molar refractivity (Wildman–Crippen MR) is 59.4 cm³/mol. The zero-order valence-electron chi connectivity index (χ0n) is 9.08. The third-order valence-corrected chi connectivity index (χ3v) is 3.65. The molecule has 0 aromatic heterocycles. The Kier molecular flexibility index (Phi) is 3.06. The molecule has 0 atom stereocenters. The monoisotopic (exact) mass is 195 g/mol. The van der Waals surface area contributed by atoms with Crippen molar-refractivity contribution < 1.29 is 0 Å². The molecule has 1 aliphatic carbocycles. The lowest BCUT2D eigenvalue weighted by Gasteiger charge is -2.30. The first kappa shape index (κ1) is 9.97. The zero-order chi connectivity index (χ0) is 9.97. The lowest BCUT2D eigenvalue weighted by Crippen LogP contribution is -2.33. The number of hydrogen-bond acceptors (Lipinski definition) is 3. The van der Waals surface area contributed by atoms with E-state index in [2.05, 4.69) is 16.9 Å². The molecule has 1 saturated carbocycles. The molecule has 2 rings (SSSR count). The van der Waals surface area contributed by atoms with Gasteiger partial charge in [-0.2, -0.15) is 0 Å². The first-order chi connectivity index (χ1) is 6.81. The number of nitrogens with two attached hydrogens (primary N) is 1. The average molecular weight is 195 g/mol. The van der Waals surface area contributed by atoms with Gasteiger partial charge in [0.05, 0.1) is 6.54 Å². The fourth-order valence-corrected chi connectivity index (χ4v) is 2.65. The minimum absolute atomic E-state index is 0.727. The van der Waals surface area contributed by atoms with E-state index in [0.717, 1.165) is 31.5 Å². The van der Waals surface area contributed by atoms with Gasteiger partial charge in [0, 0.05) is 19.5 Å².